The van der Waals surface area contributed by atoms with Crippen LogP contribution in [-0.2, 0) is 20.7 Å². The quantitative estimate of drug-likeness (QED) is 0.737. The van der Waals surface area contributed by atoms with Gasteiger partial charge in [0.1, 0.15) is 11.7 Å². The van der Waals surface area contributed by atoms with Crippen LogP contribution in [0.1, 0.15) is 51.0 Å². The first-order valence-corrected chi connectivity index (χ1v) is 10.3. The van der Waals surface area contributed by atoms with Crippen molar-refractivity contribution in [1.29, 1.82) is 0 Å². The zero-order valence-electron chi connectivity index (χ0n) is 15.9. The molecular weight excluding hydrogens is 342 g/mol. The van der Waals surface area contributed by atoms with Gasteiger partial charge in [-0.3, -0.25) is 9.69 Å². The van der Waals surface area contributed by atoms with E-state index in [4.69, 9.17) is 9.47 Å². The number of hydrogen-bond donors (Lipinski definition) is 0. The number of hydrogen-bond acceptors (Lipinski definition) is 4. The number of anilines is 1. The lowest BCUT2D eigenvalue weighted by Gasteiger charge is -2.58. The molecule has 0 N–H and O–H groups in total. The van der Waals surface area contributed by atoms with Crippen molar-refractivity contribution >= 4 is 17.7 Å². The number of carbonyl (C=O) groups is 2. The van der Waals surface area contributed by atoms with Crippen LogP contribution in [-0.4, -0.2) is 30.3 Å². The average Bonchev–Trinajstić information content (AvgIpc) is 2.62. The smallest absolute Gasteiger partial charge is 0.414 e. The van der Waals surface area contributed by atoms with Crippen LogP contribution in [0.5, 0.6) is 0 Å². The van der Waals surface area contributed by atoms with E-state index in [2.05, 4.69) is 6.07 Å². The zero-order valence-corrected chi connectivity index (χ0v) is 15.9. The maximum atomic E-state index is 13.0. The maximum absolute atomic E-state index is 13.0. The third kappa shape index (κ3) is 2.91. The van der Waals surface area contributed by atoms with Gasteiger partial charge in [0.2, 0.25) is 0 Å². The number of para-hydroxylation sites is 1. The van der Waals surface area contributed by atoms with Gasteiger partial charge in [0, 0.05) is 25.3 Å². The highest BCUT2D eigenvalue weighted by Crippen LogP contribution is 2.58. The molecule has 0 spiro atoms. The molecule has 6 rings (SSSR count). The first kappa shape index (κ1) is 17.1. The lowest BCUT2D eigenvalue weighted by molar-refractivity contribution is -0.204. The Balaban J connectivity index is 1.33. The Kier molecular flexibility index (Phi) is 3.95. The molecule has 2 unspecified atom stereocenters. The van der Waals surface area contributed by atoms with E-state index in [1.54, 1.807) is 0 Å². The van der Waals surface area contributed by atoms with Gasteiger partial charge in [0.25, 0.3) is 0 Å². The minimum absolute atomic E-state index is 0.0354. The highest BCUT2D eigenvalue weighted by Gasteiger charge is 2.58. The van der Waals surface area contributed by atoms with Crippen molar-refractivity contribution in [3.05, 3.63) is 29.8 Å². The summed E-state index contributed by atoms with van der Waals surface area (Å²) in [6, 6.07) is 8.12. The van der Waals surface area contributed by atoms with Crippen molar-refractivity contribution in [2.24, 2.45) is 17.8 Å². The monoisotopic (exact) mass is 369 g/mol. The standard InChI is InChI=1S/C22H27NO4/c1-14(24)27-22-11-15-9-17(12-22)20(18(10-15)13-22)26-21(25)23-8-4-6-16-5-2-3-7-19(16)23/h2-3,5,7,15,17-18,20H,4,6,8-13H2,1H3. The molecule has 5 aliphatic rings. The summed E-state index contributed by atoms with van der Waals surface area (Å²) >= 11 is 0. The van der Waals surface area contributed by atoms with E-state index in [-0.39, 0.29) is 23.8 Å². The van der Waals surface area contributed by atoms with Crippen LogP contribution in [0.25, 0.3) is 0 Å². The van der Waals surface area contributed by atoms with Crippen molar-refractivity contribution in [3.63, 3.8) is 0 Å². The van der Waals surface area contributed by atoms with Gasteiger partial charge in [-0.2, -0.15) is 0 Å². The van der Waals surface area contributed by atoms with Gasteiger partial charge in [-0.15, -0.1) is 0 Å². The fourth-order valence-corrected chi connectivity index (χ4v) is 6.43. The Morgan fingerprint density at radius 2 is 1.85 bits per heavy atom. The van der Waals surface area contributed by atoms with Crippen molar-refractivity contribution in [1.82, 2.24) is 0 Å². The van der Waals surface area contributed by atoms with Crippen molar-refractivity contribution in [3.8, 4) is 0 Å². The lowest BCUT2D eigenvalue weighted by Crippen LogP contribution is -2.59. The van der Waals surface area contributed by atoms with E-state index in [0.29, 0.717) is 17.8 Å². The number of amides is 1. The highest BCUT2D eigenvalue weighted by atomic mass is 16.6. The summed E-state index contributed by atoms with van der Waals surface area (Å²) in [5, 5.41) is 0. The minimum atomic E-state index is -0.303. The van der Waals surface area contributed by atoms with Gasteiger partial charge in [-0.05, 0) is 62.5 Å². The molecule has 1 aromatic rings. The second-order valence-corrected chi connectivity index (χ2v) is 8.98. The van der Waals surface area contributed by atoms with E-state index in [9.17, 15) is 9.59 Å². The molecule has 4 bridgehead atoms. The zero-order chi connectivity index (χ0) is 18.6. The van der Waals surface area contributed by atoms with E-state index in [1.165, 1.54) is 12.5 Å². The third-order valence-electron chi connectivity index (χ3n) is 7.06. The largest absolute Gasteiger partial charge is 0.459 e. The Morgan fingerprint density at radius 3 is 2.59 bits per heavy atom. The van der Waals surface area contributed by atoms with E-state index in [1.807, 2.05) is 23.1 Å². The summed E-state index contributed by atoms with van der Waals surface area (Å²) in [6.07, 6.45) is 6.60. The van der Waals surface area contributed by atoms with Gasteiger partial charge < -0.3 is 9.47 Å². The van der Waals surface area contributed by atoms with Crippen molar-refractivity contribution in [2.75, 3.05) is 11.4 Å². The molecule has 0 radical (unpaired) electrons. The number of ether oxygens (including phenoxy) is 2. The van der Waals surface area contributed by atoms with Crippen LogP contribution >= 0.6 is 0 Å². The lowest BCUT2D eigenvalue weighted by atomic mass is 9.53. The van der Waals surface area contributed by atoms with Crippen LogP contribution in [0.15, 0.2) is 24.3 Å². The number of nitrogens with zero attached hydrogens (tertiary/aromatic N) is 1. The molecule has 4 saturated carbocycles. The molecule has 5 nitrogen and oxygen atoms in total. The fraction of sp³-hybridized carbons (Fsp3) is 0.636. The van der Waals surface area contributed by atoms with Crippen LogP contribution in [0.3, 0.4) is 0 Å². The summed E-state index contributed by atoms with van der Waals surface area (Å²) in [5.74, 6) is 1.06. The summed E-state index contributed by atoms with van der Waals surface area (Å²) in [4.78, 5) is 26.4. The summed E-state index contributed by atoms with van der Waals surface area (Å²) in [7, 11) is 0. The second kappa shape index (κ2) is 6.25. The molecule has 4 fully saturated rings. The van der Waals surface area contributed by atoms with E-state index in [0.717, 1.165) is 57.2 Å². The molecule has 1 heterocycles. The van der Waals surface area contributed by atoms with E-state index >= 15 is 0 Å². The van der Waals surface area contributed by atoms with Gasteiger partial charge in [-0.1, -0.05) is 18.2 Å². The molecule has 4 aliphatic carbocycles. The van der Waals surface area contributed by atoms with Crippen LogP contribution < -0.4 is 4.90 Å². The summed E-state index contributed by atoms with van der Waals surface area (Å²) in [6.45, 7) is 2.22. The predicted octanol–water partition coefficient (Wildman–Crippen LogP) is 4.09. The van der Waals surface area contributed by atoms with Crippen LogP contribution in [0.2, 0.25) is 0 Å². The second-order valence-electron chi connectivity index (χ2n) is 8.98. The third-order valence-corrected chi connectivity index (χ3v) is 7.06. The Labute approximate surface area is 160 Å². The molecule has 1 amide bonds. The normalized spacial score (nSPS) is 36.3. The average molecular weight is 369 g/mol. The van der Waals surface area contributed by atoms with Crippen LogP contribution in [0.4, 0.5) is 10.5 Å². The van der Waals surface area contributed by atoms with Gasteiger partial charge in [0.05, 0.1) is 5.69 Å². The predicted molar refractivity (Wildman–Crippen MR) is 100 cm³/mol. The molecule has 0 aromatic heterocycles. The van der Waals surface area contributed by atoms with Gasteiger partial charge >= 0.3 is 12.1 Å². The van der Waals surface area contributed by atoms with E-state index < -0.39 is 0 Å². The van der Waals surface area contributed by atoms with Crippen molar-refractivity contribution in [2.45, 2.75) is 63.6 Å². The Hall–Kier alpha value is -2.04. The number of aryl methyl sites for hydroxylation is 1. The number of esters is 1. The highest BCUT2D eigenvalue weighted by molar-refractivity contribution is 5.89. The number of carbonyl (C=O) groups excluding carboxylic acids is 2. The number of rotatable bonds is 2. The number of benzene rings is 1. The Morgan fingerprint density at radius 1 is 1.11 bits per heavy atom. The molecule has 0 saturated heterocycles. The van der Waals surface area contributed by atoms with Gasteiger partial charge in [0.15, 0.2) is 0 Å². The fourth-order valence-electron chi connectivity index (χ4n) is 6.43. The summed E-state index contributed by atoms with van der Waals surface area (Å²) < 4.78 is 11.9. The minimum Gasteiger partial charge on any atom is -0.459 e. The molecule has 2 atom stereocenters. The first-order valence-electron chi connectivity index (χ1n) is 10.3. The first-order chi connectivity index (χ1) is 13.0. The Bertz CT molecular complexity index is 759. The molecule has 1 aliphatic heterocycles. The maximum Gasteiger partial charge on any atom is 0.414 e. The molecule has 144 valence electrons. The van der Waals surface area contributed by atoms with Crippen LogP contribution in [0, 0.1) is 17.8 Å². The van der Waals surface area contributed by atoms with Crippen molar-refractivity contribution < 1.29 is 19.1 Å². The van der Waals surface area contributed by atoms with Gasteiger partial charge in [-0.25, -0.2) is 4.79 Å². The molecule has 5 heteroatoms. The molecule has 1 aromatic carbocycles. The number of fused-ring (bicyclic) bond motifs is 1. The molecule has 27 heavy (non-hydrogen) atoms. The topological polar surface area (TPSA) is 55.8 Å². The summed E-state index contributed by atoms with van der Waals surface area (Å²) in [5.41, 5.74) is 1.91. The molecular formula is C22H27NO4. The SMILES string of the molecule is CC(=O)OC12CC3CC(C1)C(OC(=O)N1CCCc4ccccc41)C(C3)C2.